The van der Waals surface area contributed by atoms with Crippen molar-refractivity contribution >= 4 is 33.3 Å². The predicted molar refractivity (Wildman–Crippen MR) is 122 cm³/mol. The highest BCUT2D eigenvalue weighted by molar-refractivity contribution is 7.17. The predicted octanol–water partition coefficient (Wildman–Crippen LogP) is 6.02. The van der Waals surface area contributed by atoms with Crippen LogP contribution in [0.3, 0.4) is 0 Å². The van der Waals surface area contributed by atoms with Gasteiger partial charge in [0.05, 0.1) is 5.56 Å². The summed E-state index contributed by atoms with van der Waals surface area (Å²) >= 11 is 1.47. The maximum atomic E-state index is 13.7. The van der Waals surface area contributed by atoms with Crippen molar-refractivity contribution in [2.45, 2.75) is 58.4 Å². The number of amides is 1. The molecule has 166 valence electrons. The molecule has 2 bridgehead atoms. The second-order valence-electron chi connectivity index (χ2n) is 9.62. The number of carboxylic acid groups (broad SMARTS) is 1. The van der Waals surface area contributed by atoms with Gasteiger partial charge in [0.1, 0.15) is 5.82 Å². The number of rotatable bonds is 8. The third kappa shape index (κ3) is 4.40. The Balaban J connectivity index is 1.45. The van der Waals surface area contributed by atoms with Gasteiger partial charge < -0.3 is 10.4 Å². The summed E-state index contributed by atoms with van der Waals surface area (Å²) in [5.74, 6) is 0.350. The Kier molecular flexibility index (Phi) is 6.20. The van der Waals surface area contributed by atoms with Crippen LogP contribution in [-0.2, 0) is 4.79 Å². The normalized spacial score (nSPS) is 26.7. The number of carbonyl (C=O) groups is 2. The maximum absolute atomic E-state index is 13.7. The van der Waals surface area contributed by atoms with E-state index >= 15 is 0 Å². The maximum Gasteiger partial charge on any atom is 0.303 e. The van der Waals surface area contributed by atoms with E-state index in [1.54, 1.807) is 6.07 Å². The Labute approximate surface area is 186 Å². The summed E-state index contributed by atoms with van der Waals surface area (Å²) in [5, 5.41) is 14.6. The van der Waals surface area contributed by atoms with Crippen LogP contribution in [-0.4, -0.2) is 23.0 Å². The van der Waals surface area contributed by atoms with Gasteiger partial charge >= 0.3 is 5.97 Å². The molecule has 0 aliphatic heterocycles. The average Bonchev–Trinajstić information content (AvgIpc) is 3.13. The standard InChI is InChI=1S/C25H30FNO3S/c1-25(2)15-11-20(25)17(7-5-3-4-6-8-23(28)29)21(12-15)27-24(30)19-14-31-22-10-9-16(26)13-18(19)22/h3,5,9-10,13-15,17,20-21H,4,6-8,11-12H2,1-2H3,(H,27,30)(H,28,29)/b5-3-. The lowest BCUT2D eigenvalue weighted by Crippen LogP contribution is -2.61. The summed E-state index contributed by atoms with van der Waals surface area (Å²) < 4.78 is 14.6. The molecule has 6 heteroatoms. The highest BCUT2D eigenvalue weighted by Gasteiger charge is 2.57. The van der Waals surface area contributed by atoms with E-state index in [2.05, 4.69) is 31.3 Å². The van der Waals surface area contributed by atoms with Crippen molar-refractivity contribution in [2.24, 2.45) is 23.2 Å². The zero-order valence-electron chi connectivity index (χ0n) is 18.1. The molecule has 2 aromatic rings. The SMILES string of the molecule is CC1(C)C2CC(NC(=O)c3csc4ccc(F)cc34)C(C/C=C\CCCC(=O)O)C1C2. The summed E-state index contributed by atoms with van der Waals surface area (Å²) in [6.07, 6.45) is 8.92. The second-order valence-corrected chi connectivity index (χ2v) is 10.5. The van der Waals surface area contributed by atoms with Crippen LogP contribution >= 0.6 is 11.3 Å². The van der Waals surface area contributed by atoms with E-state index in [9.17, 15) is 14.0 Å². The van der Waals surface area contributed by atoms with Gasteiger partial charge in [0.2, 0.25) is 0 Å². The number of benzene rings is 1. The number of hydrogen-bond acceptors (Lipinski definition) is 3. The molecule has 4 nitrogen and oxygen atoms in total. The van der Waals surface area contributed by atoms with Crippen molar-refractivity contribution in [3.8, 4) is 0 Å². The van der Waals surface area contributed by atoms with E-state index in [0.29, 0.717) is 40.5 Å². The van der Waals surface area contributed by atoms with Gasteiger partial charge in [0, 0.05) is 27.9 Å². The first kappa shape index (κ1) is 22.0. The third-order valence-electron chi connectivity index (χ3n) is 7.55. The van der Waals surface area contributed by atoms with Crippen LogP contribution < -0.4 is 5.32 Å². The van der Waals surface area contributed by atoms with E-state index in [-0.39, 0.29) is 24.2 Å². The quantitative estimate of drug-likeness (QED) is 0.387. The molecular weight excluding hydrogens is 413 g/mol. The molecule has 0 spiro atoms. The van der Waals surface area contributed by atoms with Gasteiger partial charge in [-0.3, -0.25) is 9.59 Å². The highest BCUT2D eigenvalue weighted by Crippen LogP contribution is 2.62. The fraction of sp³-hybridized carbons (Fsp3) is 0.520. The van der Waals surface area contributed by atoms with Gasteiger partial charge in [-0.2, -0.15) is 0 Å². The van der Waals surface area contributed by atoms with Gasteiger partial charge in [-0.25, -0.2) is 4.39 Å². The first-order valence-corrected chi connectivity index (χ1v) is 12.0. The zero-order valence-corrected chi connectivity index (χ0v) is 18.9. The monoisotopic (exact) mass is 443 g/mol. The number of carboxylic acids is 1. The minimum atomic E-state index is -0.758. The van der Waals surface area contributed by atoms with Gasteiger partial charge in [0.15, 0.2) is 0 Å². The van der Waals surface area contributed by atoms with Crippen LogP contribution in [0.5, 0.6) is 0 Å². The number of nitrogens with one attached hydrogen (secondary N) is 1. The molecule has 4 unspecified atom stereocenters. The molecule has 31 heavy (non-hydrogen) atoms. The fourth-order valence-corrected chi connectivity index (χ4v) is 6.53. The lowest BCUT2D eigenvalue weighted by Gasteiger charge is -2.62. The summed E-state index contributed by atoms with van der Waals surface area (Å²) in [7, 11) is 0. The van der Waals surface area contributed by atoms with Crippen LogP contribution in [0.1, 0.15) is 62.7 Å². The lowest BCUT2D eigenvalue weighted by atomic mass is 9.44. The number of thiophene rings is 1. The topological polar surface area (TPSA) is 66.4 Å². The Bertz CT molecular complexity index is 1010. The van der Waals surface area contributed by atoms with Crippen molar-refractivity contribution in [3.63, 3.8) is 0 Å². The number of unbranched alkanes of at least 4 members (excludes halogenated alkanes) is 1. The molecule has 4 atom stereocenters. The molecule has 1 amide bonds. The molecule has 1 heterocycles. The molecule has 3 aliphatic carbocycles. The first-order chi connectivity index (χ1) is 14.8. The largest absolute Gasteiger partial charge is 0.481 e. The summed E-state index contributed by atoms with van der Waals surface area (Å²) in [6, 6.07) is 4.70. The van der Waals surface area contributed by atoms with E-state index in [1.807, 2.05) is 5.38 Å². The number of hydrogen-bond donors (Lipinski definition) is 2. The fourth-order valence-electron chi connectivity index (χ4n) is 5.60. The van der Waals surface area contributed by atoms with Crippen LogP contribution in [0.4, 0.5) is 4.39 Å². The van der Waals surface area contributed by atoms with E-state index < -0.39 is 5.97 Å². The third-order valence-corrected chi connectivity index (χ3v) is 8.51. The average molecular weight is 444 g/mol. The summed E-state index contributed by atoms with van der Waals surface area (Å²) in [6.45, 7) is 4.67. The smallest absolute Gasteiger partial charge is 0.303 e. The van der Waals surface area contributed by atoms with E-state index in [4.69, 9.17) is 5.11 Å². The number of halogens is 1. The summed E-state index contributed by atoms with van der Waals surface area (Å²) in [4.78, 5) is 23.8. The molecule has 3 fully saturated rings. The van der Waals surface area contributed by atoms with Crippen molar-refractivity contribution in [1.29, 1.82) is 0 Å². The van der Waals surface area contributed by atoms with Crippen molar-refractivity contribution < 1.29 is 19.1 Å². The Hall–Kier alpha value is -2.21. The summed E-state index contributed by atoms with van der Waals surface area (Å²) in [5.41, 5.74) is 0.849. The second kappa shape index (κ2) is 8.73. The van der Waals surface area contributed by atoms with E-state index in [1.165, 1.54) is 29.9 Å². The van der Waals surface area contributed by atoms with Gasteiger partial charge in [-0.15, -0.1) is 11.3 Å². The lowest BCUT2D eigenvalue weighted by molar-refractivity contribution is -0.137. The van der Waals surface area contributed by atoms with Gasteiger partial charge in [-0.1, -0.05) is 26.0 Å². The first-order valence-electron chi connectivity index (χ1n) is 11.1. The molecular formula is C25H30FNO3S. The zero-order chi connectivity index (χ0) is 22.2. The minimum absolute atomic E-state index is 0.108. The molecule has 0 radical (unpaired) electrons. The number of allylic oxidation sites excluding steroid dienone is 2. The van der Waals surface area contributed by atoms with Crippen molar-refractivity contribution in [3.05, 3.63) is 47.1 Å². The Morgan fingerprint density at radius 1 is 1.29 bits per heavy atom. The number of carbonyl (C=O) groups excluding carboxylic acids is 1. The van der Waals surface area contributed by atoms with E-state index in [0.717, 1.165) is 24.0 Å². The molecule has 1 aromatic heterocycles. The Morgan fingerprint density at radius 2 is 2.10 bits per heavy atom. The Morgan fingerprint density at radius 3 is 2.84 bits per heavy atom. The molecule has 3 aliphatic rings. The van der Waals surface area contributed by atoms with Crippen LogP contribution in [0, 0.1) is 29.0 Å². The van der Waals surface area contributed by atoms with Crippen LogP contribution in [0.25, 0.3) is 10.1 Å². The molecule has 1 aromatic carbocycles. The molecule has 3 saturated carbocycles. The molecule has 0 saturated heterocycles. The van der Waals surface area contributed by atoms with Gasteiger partial charge in [0.25, 0.3) is 5.91 Å². The van der Waals surface area contributed by atoms with Crippen molar-refractivity contribution in [1.82, 2.24) is 5.32 Å². The molecule has 2 N–H and O–H groups in total. The number of aliphatic carboxylic acids is 1. The van der Waals surface area contributed by atoms with Crippen LogP contribution in [0.2, 0.25) is 0 Å². The van der Waals surface area contributed by atoms with Gasteiger partial charge in [-0.05, 0) is 73.5 Å². The highest BCUT2D eigenvalue weighted by atomic mass is 32.1. The number of fused-ring (bicyclic) bond motifs is 3. The minimum Gasteiger partial charge on any atom is -0.481 e. The molecule has 5 rings (SSSR count). The van der Waals surface area contributed by atoms with Crippen LogP contribution in [0.15, 0.2) is 35.7 Å². The van der Waals surface area contributed by atoms with Crippen molar-refractivity contribution in [2.75, 3.05) is 0 Å².